The molecule has 2 aromatic rings. The van der Waals surface area contributed by atoms with Crippen molar-refractivity contribution in [3.05, 3.63) is 48.0 Å². The Morgan fingerprint density at radius 1 is 1.00 bits per heavy atom. The van der Waals surface area contributed by atoms with Gasteiger partial charge >= 0.3 is 6.03 Å². The van der Waals surface area contributed by atoms with E-state index in [0.29, 0.717) is 17.2 Å². The van der Waals surface area contributed by atoms with Crippen LogP contribution in [0.5, 0.6) is 17.2 Å². The second-order valence-corrected chi connectivity index (χ2v) is 4.87. The van der Waals surface area contributed by atoms with E-state index in [9.17, 15) is 13.6 Å². The SMILES string of the molecule is COc1ccc(NC(=O)NCCOc2ccc(F)cc2F)cc1OC. The maximum atomic E-state index is 13.4. The number of amides is 2. The molecule has 0 aromatic heterocycles. The molecule has 0 heterocycles. The number of carbonyl (C=O) groups is 1. The Labute approximate surface area is 143 Å². The van der Waals surface area contributed by atoms with Crippen LogP contribution in [0.3, 0.4) is 0 Å². The van der Waals surface area contributed by atoms with Gasteiger partial charge in [-0.25, -0.2) is 13.6 Å². The first-order valence-electron chi connectivity index (χ1n) is 7.38. The summed E-state index contributed by atoms with van der Waals surface area (Å²) in [5.74, 6) is -0.533. The largest absolute Gasteiger partial charge is 0.493 e. The summed E-state index contributed by atoms with van der Waals surface area (Å²) >= 11 is 0. The smallest absolute Gasteiger partial charge is 0.319 e. The van der Waals surface area contributed by atoms with Gasteiger partial charge in [-0.3, -0.25) is 0 Å². The summed E-state index contributed by atoms with van der Waals surface area (Å²) in [6.07, 6.45) is 0. The molecule has 2 amide bonds. The van der Waals surface area contributed by atoms with E-state index in [4.69, 9.17) is 14.2 Å². The van der Waals surface area contributed by atoms with Crippen molar-refractivity contribution in [2.75, 3.05) is 32.7 Å². The highest BCUT2D eigenvalue weighted by Gasteiger charge is 2.08. The molecule has 0 unspecified atom stereocenters. The molecule has 8 heteroatoms. The average Bonchev–Trinajstić information content (AvgIpc) is 2.60. The average molecular weight is 352 g/mol. The van der Waals surface area contributed by atoms with E-state index in [-0.39, 0.29) is 18.9 Å². The zero-order valence-corrected chi connectivity index (χ0v) is 13.8. The number of hydrogen-bond donors (Lipinski definition) is 2. The van der Waals surface area contributed by atoms with Crippen molar-refractivity contribution < 1.29 is 27.8 Å². The van der Waals surface area contributed by atoms with Crippen LogP contribution >= 0.6 is 0 Å². The molecule has 6 nitrogen and oxygen atoms in total. The molecule has 0 saturated heterocycles. The van der Waals surface area contributed by atoms with Crippen LogP contribution in [0.25, 0.3) is 0 Å². The fourth-order valence-electron chi connectivity index (χ4n) is 2.01. The van der Waals surface area contributed by atoms with E-state index in [1.54, 1.807) is 18.2 Å². The number of ether oxygens (including phenoxy) is 3. The molecular weight excluding hydrogens is 334 g/mol. The summed E-state index contributed by atoms with van der Waals surface area (Å²) in [6.45, 7) is 0.165. The Balaban J connectivity index is 1.79. The topological polar surface area (TPSA) is 68.8 Å². The fraction of sp³-hybridized carbons (Fsp3) is 0.235. The first-order valence-corrected chi connectivity index (χ1v) is 7.38. The van der Waals surface area contributed by atoms with Crippen LogP contribution in [0.1, 0.15) is 0 Å². The van der Waals surface area contributed by atoms with Crippen LogP contribution < -0.4 is 24.8 Å². The van der Waals surface area contributed by atoms with E-state index in [2.05, 4.69) is 10.6 Å². The van der Waals surface area contributed by atoms with Crippen LogP contribution in [-0.4, -0.2) is 33.4 Å². The first kappa shape index (κ1) is 18.3. The Hall–Kier alpha value is -3.03. The number of nitrogens with one attached hydrogen (secondary N) is 2. The summed E-state index contributed by atoms with van der Waals surface area (Å²) in [5, 5.41) is 5.18. The number of rotatable bonds is 7. The van der Waals surface area contributed by atoms with Gasteiger partial charge < -0.3 is 24.8 Å². The standard InChI is InChI=1S/C17H18F2N2O4/c1-23-15-6-4-12(10-16(15)24-2)21-17(22)20-7-8-25-14-5-3-11(18)9-13(14)19/h3-6,9-10H,7-8H2,1-2H3,(H2,20,21,22). The molecule has 0 aliphatic carbocycles. The van der Waals surface area contributed by atoms with Crippen molar-refractivity contribution in [3.8, 4) is 17.2 Å². The molecule has 0 aliphatic heterocycles. The summed E-state index contributed by atoms with van der Waals surface area (Å²) in [4.78, 5) is 11.8. The predicted octanol–water partition coefficient (Wildman–Crippen LogP) is 3.18. The monoisotopic (exact) mass is 352 g/mol. The zero-order chi connectivity index (χ0) is 18.2. The molecule has 0 fully saturated rings. The van der Waals surface area contributed by atoms with Crippen molar-refractivity contribution in [1.29, 1.82) is 0 Å². The maximum absolute atomic E-state index is 13.4. The van der Waals surface area contributed by atoms with E-state index >= 15 is 0 Å². The first-order chi connectivity index (χ1) is 12.0. The maximum Gasteiger partial charge on any atom is 0.319 e. The van der Waals surface area contributed by atoms with Gasteiger partial charge in [-0.1, -0.05) is 0 Å². The molecule has 0 radical (unpaired) electrons. The minimum atomic E-state index is -0.797. The molecule has 2 aromatic carbocycles. The van der Waals surface area contributed by atoms with Crippen molar-refractivity contribution >= 4 is 11.7 Å². The van der Waals surface area contributed by atoms with Gasteiger partial charge in [-0.15, -0.1) is 0 Å². The Morgan fingerprint density at radius 2 is 1.72 bits per heavy atom. The van der Waals surface area contributed by atoms with Crippen LogP contribution in [-0.2, 0) is 0 Å². The molecule has 0 bridgehead atoms. The number of halogens is 2. The lowest BCUT2D eigenvalue weighted by Crippen LogP contribution is -2.32. The molecule has 134 valence electrons. The van der Waals surface area contributed by atoms with Gasteiger partial charge in [0.1, 0.15) is 12.4 Å². The second-order valence-electron chi connectivity index (χ2n) is 4.87. The molecule has 25 heavy (non-hydrogen) atoms. The lowest BCUT2D eigenvalue weighted by atomic mass is 10.3. The molecule has 0 spiro atoms. The minimum Gasteiger partial charge on any atom is -0.493 e. The van der Waals surface area contributed by atoms with Crippen LogP contribution in [0, 0.1) is 11.6 Å². The number of carbonyl (C=O) groups excluding carboxylic acids is 1. The fourth-order valence-corrected chi connectivity index (χ4v) is 2.01. The third-order valence-corrected chi connectivity index (χ3v) is 3.18. The number of urea groups is 1. The van der Waals surface area contributed by atoms with E-state index in [1.807, 2.05) is 0 Å². The van der Waals surface area contributed by atoms with Gasteiger partial charge in [0.2, 0.25) is 0 Å². The third-order valence-electron chi connectivity index (χ3n) is 3.18. The van der Waals surface area contributed by atoms with Crippen LogP contribution in [0.2, 0.25) is 0 Å². The normalized spacial score (nSPS) is 10.1. The van der Waals surface area contributed by atoms with E-state index < -0.39 is 17.7 Å². The van der Waals surface area contributed by atoms with E-state index in [1.165, 1.54) is 20.3 Å². The Morgan fingerprint density at radius 3 is 2.40 bits per heavy atom. The highest BCUT2D eigenvalue weighted by atomic mass is 19.1. The molecule has 0 atom stereocenters. The third kappa shape index (κ3) is 5.23. The van der Waals surface area contributed by atoms with Gasteiger partial charge in [0.25, 0.3) is 0 Å². The van der Waals surface area contributed by atoms with Gasteiger partial charge in [-0.05, 0) is 24.3 Å². The van der Waals surface area contributed by atoms with Crippen molar-refractivity contribution in [1.82, 2.24) is 5.32 Å². The Bertz CT molecular complexity index is 741. The van der Waals surface area contributed by atoms with Crippen LogP contribution in [0.15, 0.2) is 36.4 Å². The summed E-state index contributed by atoms with van der Waals surface area (Å²) in [5.41, 5.74) is 0.514. The van der Waals surface area contributed by atoms with Gasteiger partial charge in [0.05, 0.1) is 20.8 Å². The second kappa shape index (κ2) is 8.72. The minimum absolute atomic E-state index is 0.0297. The summed E-state index contributed by atoms with van der Waals surface area (Å²) in [7, 11) is 3.01. The van der Waals surface area contributed by atoms with Gasteiger partial charge in [0.15, 0.2) is 23.1 Å². The molecule has 2 rings (SSSR count). The van der Waals surface area contributed by atoms with Crippen molar-refractivity contribution in [2.45, 2.75) is 0 Å². The highest BCUT2D eigenvalue weighted by molar-refractivity contribution is 5.89. The molecule has 0 aliphatic rings. The van der Waals surface area contributed by atoms with E-state index in [0.717, 1.165) is 12.1 Å². The number of methoxy groups -OCH3 is 2. The molecule has 2 N–H and O–H groups in total. The van der Waals surface area contributed by atoms with Gasteiger partial charge in [0, 0.05) is 17.8 Å². The molecular formula is C17H18F2N2O4. The van der Waals surface area contributed by atoms with Crippen molar-refractivity contribution in [3.63, 3.8) is 0 Å². The lowest BCUT2D eigenvalue weighted by molar-refractivity contribution is 0.246. The number of anilines is 1. The number of hydrogen-bond acceptors (Lipinski definition) is 4. The quantitative estimate of drug-likeness (QED) is 0.751. The van der Waals surface area contributed by atoms with Crippen molar-refractivity contribution in [2.24, 2.45) is 0 Å². The predicted molar refractivity (Wildman–Crippen MR) is 88.4 cm³/mol. The lowest BCUT2D eigenvalue weighted by Gasteiger charge is -2.12. The molecule has 0 saturated carbocycles. The van der Waals surface area contributed by atoms with Gasteiger partial charge in [-0.2, -0.15) is 0 Å². The summed E-state index contributed by atoms with van der Waals surface area (Å²) < 4.78 is 41.5. The number of benzene rings is 2. The summed E-state index contributed by atoms with van der Waals surface area (Å²) in [6, 6.07) is 7.48. The highest BCUT2D eigenvalue weighted by Crippen LogP contribution is 2.29. The van der Waals surface area contributed by atoms with Crippen LogP contribution in [0.4, 0.5) is 19.3 Å². The zero-order valence-electron chi connectivity index (χ0n) is 13.8. The Kier molecular flexibility index (Phi) is 6.39.